The molecule has 26 heavy (non-hydrogen) atoms. The Kier molecular flexibility index (Phi) is 5.63. The fourth-order valence-electron chi connectivity index (χ4n) is 3.48. The van der Waals surface area contributed by atoms with Gasteiger partial charge in [0.05, 0.1) is 5.56 Å². The van der Waals surface area contributed by atoms with Crippen molar-refractivity contribution in [2.45, 2.75) is 31.5 Å². The van der Waals surface area contributed by atoms with Crippen LogP contribution in [0.1, 0.15) is 28.8 Å². The monoisotopic (exact) mass is 353 g/mol. The van der Waals surface area contributed by atoms with Gasteiger partial charge in [-0.3, -0.25) is 14.7 Å². The molecule has 6 heteroatoms. The second-order valence-electron chi connectivity index (χ2n) is 6.67. The molecule has 2 atom stereocenters. The lowest BCUT2D eigenvalue weighted by Crippen LogP contribution is -2.54. The molecule has 0 spiro atoms. The van der Waals surface area contributed by atoms with Gasteiger partial charge in [0, 0.05) is 31.5 Å². The van der Waals surface area contributed by atoms with Gasteiger partial charge in [-0.25, -0.2) is 4.79 Å². The molecule has 0 radical (unpaired) electrons. The first-order chi connectivity index (χ1) is 12.6. The molecule has 1 amide bonds. The largest absolute Gasteiger partial charge is 0.480 e. The zero-order valence-corrected chi connectivity index (χ0v) is 14.8. The van der Waals surface area contributed by atoms with E-state index in [1.54, 1.807) is 18.3 Å². The molecular weight excluding hydrogens is 330 g/mol. The molecule has 2 aromatic rings. The van der Waals surface area contributed by atoms with Gasteiger partial charge >= 0.3 is 5.97 Å². The van der Waals surface area contributed by atoms with Gasteiger partial charge in [0.1, 0.15) is 6.04 Å². The third kappa shape index (κ3) is 4.08. The summed E-state index contributed by atoms with van der Waals surface area (Å²) in [6, 6.07) is 12.8. The molecule has 1 aromatic carbocycles. The number of carboxylic acid groups (broad SMARTS) is 1. The fourth-order valence-corrected chi connectivity index (χ4v) is 3.48. The number of likely N-dealkylation sites (tertiary alicyclic amines) is 1. The van der Waals surface area contributed by atoms with Gasteiger partial charge < -0.3 is 10.0 Å². The van der Waals surface area contributed by atoms with Gasteiger partial charge in [-0.15, -0.1) is 0 Å². The number of benzene rings is 1. The topological polar surface area (TPSA) is 73.7 Å². The van der Waals surface area contributed by atoms with E-state index in [9.17, 15) is 14.7 Å². The Hall–Kier alpha value is -2.73. The quantitative estimate of drug-likeness (QED) is 0.893. The Balaban J connectivity index is 1.70. The van der Waals surface area contributed by atoms with Crippen LogP contribution in [0.3, 0.4) is 0 Å². The van der Waals surface area contributed by atoms with Crippen LogP contribution in [0.5, 0.6) is 0 Å². The van der Waals surface area contributed by atoms with Gasteiger partial charge in [0.25, 0.3) is 5.91 Å². The molecule has 0 bridgehead atoms. The first-order valence-electron chi connectivity index (χ1n) is 8.74. The lowest BCUT2D eigenvalue weighted by molar-refractivity contribution is -0.144. The van der Waals surface area contributed by atoms with Crippen LogP contribution in [-0.2, 0) is 11.3 Å². The first-order valence-corrected chi connectivity index (χ1v) is 8.74. The number of carbonyl (C=O) groups is 2. The van der Waals surface area contributed by atoms with Crippen molar-refractivity contribution < 1.29 is 14.7 Å². The number of aromatic nitrogens is 1. The van der Waals surface area contributed by atoms with E-state index in [1.165, 1.54) is 16.7 Å². The van der Waals surface area contributed by atoms with E-state index < -0.39 is 12.0 Å². The lowest BCUT2D eigenvalue weighted by Gasteiger charge is -2.40. The summed E-state index contributed by atoms with van der Waals surface area (Å²) < 4.78 is 0. The smallest absolute Gasteiger partial charge is 0.326 e. The highest BCUT2D eigenvalue weighted by Gasteiger charge is 2.37. The van der Waals surface area contributed by atoms with Gasteiger partial charge in [0.2, 0.25) is 0 Å². The molecule has 6 nitrogen and oxygen atoms in total. The Labute approximate surface area is 153 Å². The van der Waals surface area contributed by atoms with Crippen molar-refractivity contribution in [2.24, 2.45) is 0 Å². The van der Waals surface area contributed by atoms with E-state index in [4.69, 9.17) is 0 Å². The average molecular weight is 353 g/mol. The Bertz CT molecular complexity index is 751. The Morgan fingerprint density at radius 3 is 2.65 bits per heavy atom. The minimum absolute atomic E-state index is 0.120. The van der Waals surface area contributed by atoms with Crippen molar-refractivity contribution in [1.29, 1.82) is 0 Å². The Morgan fingerprint density at radius 2 is 2.00 bits per heavy atom. The van der Waals surface area contributed by atoms with Crippen LogP contribution in [0.25, 0.3) is 0 Å². The maximum absolute atomic E-state index is 12.7. The number of rotatable bonds is 5. The van der Waals surface area contributed by atoms with E-state index in [2.05, 4.69) is 22.0 Å². The van der Waals surface area contributed by atoms with Crippen LogP contribution < -0.4 is 0 Å². The molecule has 3 rings (SSSR count). The van der Waals surface area contributed by atoms with Crippen molar-refractivity contribution in [3.8, 4) is 0 Å². The number of hydrogen-bond donors (Lipinski definition) is 1. The van der Waals surface area contributed by atoms with Crippen LogP contribution in [-0.4, -0.2) is 57.4 Å². The van der Waals surface area contributed by atoms with E-state index in [0.717, 1.165) is 13.0 Å². The molecule has 1 saturated heterocycles. The van der Waals surface area contributed by atoms with Gasteiger partial charge in [0.15, 0.2) is 0 Å². The summed E-state index contributed by atoms with van der Waals surface area (Å²) in [5.41, 5.74) is 1.62. The molecule has 1 aromatic heterocycles. The maximum atomic E-state index is 12.7. The molecule has 1 fully saturated rings. The molecule has 2 unspecified atom stereocenters. The summed E-state index contributed by atoms with van der Waals surface area (Å²) in [4.78, 5) is 32.1. The summed E-state index contributed by atoms with van der Waals surface area (Å²) in [5, 5.41) is 9.67. The molecule has 1 N–H and O–H groups in total. The van der Waals surface area contributed by atoms with E-state index in [1.807, 2.05) is 25.2 Å². The van der Waals surface area contributed by atoms with E-state index >= 15 is 0 Å². The van der Waals surface area contributed by atoms with Gasteiger partial charge in [-0.2, -0.15) is 0 Å². The number of hydrogen-bond acceptors (Lipinski definition) is 4. The first kappa shape index (κ1) is 18.1. The minimum Gasteiger partial charge on any atom is -0.480 e. The highest BCUT2D eigenvalue weighted by atomic mass is 16.4. The van der Waals surface area contributed by atoms with Crippen molar-refractivity contribution in [3.63, 3.8) is 0 Å². The number of aliphatic carboxylic acids is 1. The maximum Gasteiger partial charge on any atom is 0.326 e. The minimum atomic E-state index is -0.958. The Morgan fingerprint density at radius 1 is 1.23 bits per heavy atom. The van der Waals surface area contributed by atoms with Crippen molar-refractivity contribution in [1.82, 2.24) is 14.8 Å². The normalized spacial score (nSPS) is 20.2. The molecule has 136 valence electrons. The summed E-state index contributed by atoms with van der Waals surface area (Å²) >= 11 is 0. The molecular formula is C20H23N3O3. The van der Waals surface area contributed by atoms with Crippen molar-refractivity contribution in [3.05, 3.63) is 66.0 Å². The number of carbonyl (C=O) groups excluding carboxylic acids is 1. The van der Waals surface area contributed by atoms with Crippen LogP contribution in [0.15, 0.2) is 54.9 Å². The predicted molar refractivity (Wildman–Crippen MR) is 97.6 cm³/mol. The average Bonchev–Trinajstić information content (AvgIpc) is 2.68. The summed E-state index contributed by atoms with van der Waals surface area (Å²) in [6.07, 6.45) is 4.24. The van der Waals surface area contributed by atoms with Gasteiger partial charge in [-0.1, -0.05) is 30.3 Å². The van der Waals surface area contributed by atoms with Crippen molar-refractivity contribution >= 4 is 11.9 Å². The van der Waals surface area contributed by atoms with E-state index in [-0.39, 0.29) is 11.9 Å². The zero-order chi connectivity index (χ0) is 18.5. The molecule has 2 heterocycles. The third-order valence-electron chi connectivity index (χ3n) is 4.93. The SMILES string of the molecule is CN(Cc1ccccc1)C1CCN(C(=O)c2cccnc2)C(C(=O)O)C1. The summed E-state index contributed by atoms with van der Waals surface area (Å²) in [6.45, 7) is 1.18. The molecule has 1 aliphatic rings. The zero-order valence-electron chi connectivity index (χ0n) is 14.8. The number of piperidine rings is 1. The highest BCUT2D eigenvalue weighted by Crippen LogP contribution is 2.24. The molecule has 0 saturated carbocycles. The van der Waals surface area contributed by atoms with Crippen LogP contribution >= 0.6 is 0 Å². The number of nitrogens with zero attached hydrogens (tertiary/aromatic N) is 3. The third-order valence-corrected chi connectivity index (χ3v) is 4.93. The standard InChI is InChI=1S/C20H23N3O3/c1-22(14-15-6-3-2-4-7-15)17-9-11-23(18(12-17)20(25)26)19(24)16-8-5-10-21-13-16/h2-8,10,13,17-18H,9,11-12,14H2,1H3,(H,25,26). The second kappa shape index (κ2) is 8.10. The summed E-state index contributed by atoms with van der Waals surface area (Å²) in [7, 11) is 2.01. The fraction of sp³-hybridized carbons (Fsp3) is 0.350. The van der Waals surface area contributed by atoms with E-state index in [0.29, 0.717) is 18.5 Å². The highest BCUT2D eigenvalue weighted by molar-refractivity contribution is 5.96. The van der Waals surface area contributed by atoms with Crippen LogP contribution in [0.4, 0.5) is 0 Å². The van der Waals surface area contributed by atoms with Crippen LogP contribution in [0.2, 0.25) is 0 Å². The lowest BCUT2D eigenvalue weighted by atomic mass is 9.95. The predicted octanol–water partition coefficient (Wildman–Crippen LogP) is 2.27. The van der Waals surface area contributed by atoms with Gasteiger partial charge in [-0.05, 0) is 37.6 Å². The number of carboxylic acids is 1. The summed E-state index contributed by atoms with van der Waals surface area (Å²) in [5.74, 6) is -1.23. The second-order valence-corrected chi connectivity index (χ2v) is 6.67. The number of amides is 1. The van der Waals surface area contributed by atoms with Crippen LogP contribution in [0, 0.1) is 0 Å². The van der Waals surface area contributed by atoms with Crippen molar-refractivity contribution in [2.75, 3.05) is 13.6 Å². The number of pyridine rings is 1. The molecule has 1 aliphatic heterocycles. The molecule has 0 aliphatic carbocycles.